The maximum absolute atomic E-state index is 12.5. The van der Waals surface area contributed by atoms with Crippen LogP contribution in [0.25, 0.3) is 10.6 Å². The number of thiazole rings is 1. The van der Waals surface area contributed by atoms with Crippen LogP contribution in [0.5, 0.6) is 0 Å². The van der Waals surface area contributed by atoms with Crippen molar-refractivity contribution in [1.29, 1.82) is 0 Å². The molecule has 0 radical (unpaired) electrons. The van der Waals surface area contributed by atoms with Crippen molar-refractivity contribution in [2.45, 2.75) is 6.18 Å². The average Bonchev–Trinajstić information content (AvgIpc) is 2.96. The molecule has 0 fully saturated rings. The first-order valence-electron chi connectivity index (χ1n) is 6.32. The van der Waals surface area contributed by atoms with Gasteiger partial charge in [0.2, 0.25) is 0 Å². The van der Waals surface area contributed by atoms with Gasteiger partial charge in [0, 0.05) is 19.2 Å². The van der Waals surface area contributed by atoms with Gasteiger partial charge in [-0.1, -0.05) is 12.1 Å². The van der Waals surface area contributed by atoms with Crippen molar-refractivity contribution in [3.05, 3.63) is 40.9 Å². The quantitative estimate of drug-likeness (QED) is 0.857. The molecule has 1 heterocycles. The van der Waals surface area contributed by atoms with Crippen LogP contribution in [-0.2, 0) is 10.9 Å². The summed E-state index contributed by atoms with van der Waals surface area (Å²) in [6, 6.07) is 4.67. The SMILES string of the molecule is COCCNC(=O)c1cnc(-c2ccc(C(F)(F)F)cc2)s1. The maximum atomic E-state index is 12.5. The van der Waals surface area contributed by atoms with E-state index in [-0.39, 0.29) is 5.91 Å². The lowest BCUT2D eigenvalue weighted by Crippen LogP contribution is -2.26. The van der Waals surface area contributed by atoms with Gasteiger partial charge in [-0.3, -0.25) is 4.79 Å². The summed E-state index contributed by atoms with van der Waals surface area (Å²) in [5.41, 5.74) is -0.181. The first kappa shape index (κ1) is 16.4. The van der Waals surface area contributed by atoms with Gasteiger partial charge in [0.25, 0.3) is 5.91 Å². The summed E-state index contributed by atoms with van der Waals surface area (Å²) in [4.78, 5) is 16.3. The van der Waals surface area contributed by atoms with Gasteiger partial charge in [-0.2, -0.15) is 13.2 Å². The Labute approximate surface area is 128 Å². The van der Waals surface area contributed by atoms with Crippen LogP contribution in [0.2, 0.25) is 0 Å². The van der Waals surface area contributed by atoms with Gasteiger partial charge in [-0.15, -0.1) is 11.3 Å². The number of carbonyl (C=O) groups excluding carboxylic acids is 1. The lowest BCUT2D eigenvalue weighted by Gasteiger charge is -2.06. The highest BCUT2D eigenvalue weighted by molar-refractivity contribution is 7.16. The molecule has 1 amide bonds. The predicted octanol–water partition coefficient (Wildman–Crippen LogP) is 3.21. The Morgan fingerprint density at radius 1 is 1.32 bits per heavy atom. The van der Waals surface area contributed by atoms with E-state index in [1.165, 1.54) is 25.4 Å². The Balaban J connectivity index is 2.09. The molecule has 2 aromatic rings. The molecule has 22 heavy (non-hydrogen) atoms. The van der Waals surface area contributed by atoms with E-state index in [9.17, 15) is 18.0 Å². The number of amides is 1. The summed E-state index contributed by atoms with van der Waals surface area (Å²) in [6.07, 6.45) is -2.96. The molecule has 1 aromatic heterocycles. The van der Waals surface area contributed by atoms with Crippen LogP contribution in [-0.4, -0.2) is 31.2 Å². The molecule has 0 bridgehead atoms. The predicted molar refractivity (Wildman–Crippen MR) is 76.8 cm³/mol. The van der Waals surface area contributed by atoms with E-state index in [0.29, 0.717) is 28.6 Å². The smallest absolute Gasteiger partial charge is 0.383 e. The number of benzene rings is 1. The molecular formula is C14H13F3N2O2S. The summed E-state index contributed by atoms with van der Waals surface area (Å²) >= 11 is 1.12. The van der Waals surface area contributed by atoms with E-state index < -0.39 is 11.7 Å². The number of alkyl halides is 3. The van der Waals surface area contributed by atoms with Crippen LogP contribution >= 0.6 is 11.3 Å². The number of nitrogens with zero attached hydrogens (tertiary/aromatic N) is 1. The number of methoxy groups -OCH3 is 1. The second-order valence-corrected chi connectivity index (χ2v) is 5.38. The standard InChI is InChI=1S/C14H13F3N2O2S/c1-21-7-6-18-12(20)11-8-19-13(22-11)9-2-4-10(5-3-9)14(15,16)17/h2-5,8H,6-7H2,1H3,(H,18,20). The molecule has 0 aliphatic heterocycles. The number of hydrogen-bond donors (Lipinski definition) is 1. The van der Waals surface area contributed by atoms with Gasteiger partial charge >= 0.3 is 6.18 Å². The number of nitrogens with one attached hydrogen (secondary N) is 1. The van der Waals surface area contributed by atoms with Gasteiger partial charge in [-0.05, 0) is 12.1 Å². The van der Waals surface area contributed by atoms with Crippen LogP contribution in [0.4, 0.5) is 13.2 Å². The minimum atomic E-state index is -4.37. The van der Waals surface area contributed by atoms with Crippen molar-refractivity contribution in [2.75, 3.05) is 20.3 Å². The average molecular weight is 330 g/mol. The van der Waals surface area contributed by atoms with Crippen molar-refractivity contribution in [2.24, 2.45) is 0 Å². The third-order valence-electron chi connectivity index (χ3n) is 2.78. The molecule has 0 unspecified atom stereocenters. The van der Waals surface area contributed by atoms with E-state index in [1.54, 1.807) is 0 Å². The van der Waals surface area contributed by atoms with E-state index in [0.717, 1.165) is 23.5 Å². The molecule has 0 saturated heterocycles. The highest BCUT2D eigenvalue weighted by Gasteiger charge is 2.30. The fraction of sp³-hybridized carbons (Fsp3) is 0.286. The Morgan fingerprint density at radius 3 is 2.59 bits per heavy atom. The second kappa shape index (κ2) is 6.89. The summed E-state index contributed by atoms with van der Waals surface area (Å²) in [5, 5.41) is 3.14. The molecule has 4 nitrogen and oxygen atoms in total. The molecule has 0 aliphatic rings. The lowest BCUT2D eigenvalue weighted by atomic mass is 10.1. The number of ether oxygens (including phenoxy) is 1. The van der Waals surface area contributed by atoms with Crippen molar-refractivity contribution in [3.8, 4) is 10.6 Å². The van der Waals surface area contributed by atoms with Gasteiger partial charge in [0.15, 0.2) is 0 Å². The normalized spacial score (nSPS) is 11.5. The Hall–Kier alpha value is -1.93. The molecular weight excluding hydrogens is 317 g/mol. The third kappa shape index (κ3) is 4.05. The molecule has 118 valence electrons. The zero-order chi connectivity index (χ0) is 16.2. The van der Waals surface area contributed by atoms with Gasteiger partial charge < -0.3 is 10.1 Å². The van der Waals surface area contributed by atoms with Crippen molar-refractivity contribution >= 4 is 17.2 Å². The highest BCUT2D eigenvalue weighted by Crippen LogP contribution is 2.32. The topological polar surface area (TPSA) is 51.2 Å². The second-order valence-electron chi connectivity index (χ2n) is 4.35. The zero-order valence-electron chi connectivity index (χ0n) is 11.6. The van der Waals surface area contributed by atoms with Crippen molar-refractivity contribution < 1.29 is 22.7 Å². The summed E-state index contributed by atoms with van der Waals surface area (Å²) in [5.74, 6) is -0.285. The molecule has 0 aliphatic carbocycles. The van der Waals surface area contributed by atoms with Crippen LogP contribution < -0.4 is 5.32 Å². The summed E-state index contributed by atoms with van der Waals surface area (Å²) in [6.45, 7) is 0.777. The van der Waals surface area contributed by atoms with Crippen LogP contribution in [0.3, 0.4) is 0 Å². The van der Waals surface area contributed by atoms with Gasteiger partial charge in [-0.25, -0.2) is 4.98 Å². The molecule has 0 spiro atoms. The molecule has 8 heteroatoms. The third-order valence-corrected chi connectivity index (χ3v) is 3.83. The lowest BCUT2D eigenvalue weighted by molar-refractivity contribution is -0.137. The Kier molecular flexibility index (Phi) is 5.15. The van der Waals surface area contributed by atoms with E-state index in [4.69, 9.17) is 4.74 Å². The minimum absolute atomic E-state index is 0.285. The number of carbonyl (C=O) groups is 1. The molecule has 1 N–H and O–H groups in total. The summed E-state index contributed by atoms with van der Waals surface area (Å²) in [7, 11) is 1.53. The number of rotatable bonds is 5. The number of aromatic nitrogens is 1. The fourth-order valence-electron chi connectivity index (χ4n) is 1.67. The van der Waals surface area contributed by atoms with E-state index >= 15 is 0 Å². The van der Waals surface area contributed by atoms with Gasteiger partial charge in [0.1, 0.15) is 9.88 Å². The van der Waals surface area contributed by atoms with Crippen LogP contribution in [0, 0.1) is 0 Å². The van der Waals surface area contributed by atoms with Crippen LogP contribution in [0.15, 0.2) is 30.5 Å². The molecule has 0 atom stereocenters. The highest BCUT2D eigenvalue weighted by atomic mass is 32.1. The zero-order valence-corrected chi connectivity index (χ0v) is 12.4. The Bertz CT molecular complexity index is 638. The maximum Gasteiger partial charge on any atom is 0.416 e. The summed E-state index contributed by atoms with van der Waals surface area (Å²) < 4.78 is 42.3. The number of halogens is 3. The van der Waals surface area contributed by atoms with Crippen molar-refractivity contribution in [1.82, 2.24) is 10.3 Å². The van der Waals surface area contributed by atoms with E-state index in [2.05, 4.69) is 10.3 Å². The Morgan fingerprint density at radius 2 is 2.00 bits per heavy atom. The van der Waals surface area contributed by atoms with Crippen LogP contribution in [0.1, 0.15) is 15.2 Å². The van der Waals surface area contributed by atoms with E-state index in [1.807, 2.05) is 0 Å². The monoisotopic (exact) mass is 330 g/mol. The largest absolute Gasteiger partial charge is 0.416 e. The first-order valence-corrected chi connectivity index (χ1v) is 7.14. The fourth-order valence-corrected chi connectivity index (χ4v) is 2.51. The van der Waals surface area contributed by atoms with Crippen molar-refractivity contribution in [3.63, 3.8) is 0 Å². The molecule has 0 saturated carbocycles. The molecule has 2 rings (SSSR count). The van der Waals surface area contributed by atoms with Gasteiger partial charge in [0.05, 0.1) is 18.4 Å². The number of hydrogen-bond acceptors (Lipinski definition) is 4. The molecule has 1 aromatic carbocycles. The first-order chi connectivity index (χ1) is 10.4. The minimum Gasteiger partial charge on any atom is -0.383 e.